The van der Waals surface area contributed by atoms with Crippen molar-refractivity contribution in [1.82, 2.24) is 0 Å². The van der Waals surface area contributed by atoms with Gasteiger partial charge in [0.2, 0.25) is 0 Å². The Labute approximate surface area is 50.7 Å². The minimum atomic E-state index is -0.275. The molecular formula is C2H8O2P2S. The van der Waals surface area contributed by atoms with Crippen LogP contribution in [0.15, 0.2) is 0 Å². The lowest BCUT2D eigenvalue weighted by Gasteiger charge is -2.00. The van der Waals surface area contributed by atoms with Gasteiger partial charge in [-0.3, -0.25) is 0 Å². The summed E-state index contributed by atoms with van der Waals surface area (Å²) in [5.74, 6) is 0. The van der Waals surface area contributed by atoms with Gasteiger partial charge < -0.3 is 8.86 Å². The Balaban J connectivity index is 2.68. The third-order valence-corrected chi connectivity index (χ3v) is 2.98. The second-order valence-corrected chi connectivity index (χ2v) is 4.83. The minimum absolute atomic E-state index is 0.196. The first-order chi connectivity index (χ1) is 3.27. The zero-order valence-electron chi connectivity index (χ0n) is 4.21. The monoisotopic (exact) mass is 158 g/mol. The van der Waals surface area contributed by atoms with E-state index in [0.29, 0.717) is 0 Å². The van der Waals surface area contributed by atoms with Gasteiger partial charge in [0.05, 0.1) is 0 Å². The van der Waals surface area contributed by atoms with Gasteiger partial charge in [-0.05, 0) is 13.3 Å². The van der Waals surface area contributed by atoms with Gasteiger partial charge in [0, 0.05) is 19.8 Å². The van der Waals surface area contributed by atoms with E-state index in [4.69, 9.17) is 8.86 Å². The molecule has 0 heterocycles. The van der Waals surface area contributed by atoms with E-state index >= 15 is 0 Å². The summed E-state index contributed by atoms with van der Waals surface area (Å²) < 4.78 is 13.1. The smallest absolute Gasteiger partial charge is 0.108 e. The molecule has 0 bridgehead atoms. The SMILES string of the molecule is CP(C)OPSO. The molecule has 0 aliphatic carbocycles. The summed E-state index contributed by atoms with van der Waals surface area (Å²) >= 11 is 0.752. The fourth-order valence-corrected chi connectivity index (χ4v) is 2.46. The van der Waals surface area contributed by atoms with Crippen molar-refractivity contribution < 1.29 is 8.86 Å². The van der Waals surface area contributed by atoms with E-state index in [1.54, 1.807) is 0 Å². The van der Waals surface area contributed by atoms with E-state index in [9.17, 15) is 0 Å². The van der Waals surface area contributed by atoms with Gasteiger partial charge in [-0.15, -0.1) is 0 Å². The highest BCUT2D eigenvalue weighted by Gasteiger charge is 1.88. The lowest BCUT2D eigenvalue weighted by atomic mass is 11.9. The molecule has 0 rings (SSSR count). The third-order valence-electron chi connectivity index (χ3n) is 0.257. The van der Waals surface area contributed by atoms with Crippen molar-refractivity contribution in [3.63, 3.8) is 0 Å². The van der Waals surface area contributed by atoms with Crippen LogP contribution >= 0.6 is 27.8 Å². The van der Waals surface area contributed by atoms with E-state index < -0.39 is 0 Å². The summed E-state index contributed by atoms with van der Waals surface area (Å²) in [6.07, 6.45) is 0. The van der Waals surface area contributed by atoms with Crippen molar-refractivity contribution in [3.05, 3.63) is 0 Å². The average molecular weight is 158 g/mol. The molecule has 0 aromatic carbocycles. The van der Waals surface area contributed by atoms with Crippen LogP contribution < -0.4 is 0 Å². The molecule has 0 saturated heterocycles. The maximum Gasteiger partial charge on any atom is 0.108 e. The molecule has 7 heavy (non-hydrogen) atoms. The van der Waals surface area contributed by atoms with Gasteiger partial charge in [0.15, 0.2) is 0 Å². The zero-order valence-corrected chi connectivity index (χ0v) is 6.92. The van der Waals surface area contributed by atoms with Crippen LogP contribution in [0.3, 0.4) is 0 Å². The van der Waals surface area contributed by atoms with Crippen LogP contribution in [0.25, 0.3) is 0 Å². The molecule has 1 N–H and O–H groups in total. The van der Waals surface area contributed by atoms with Crippen molar-refractivity contribution in [3.8, 4) is 0 Å². The lowest BCUT2D eigenvalue weighted by Crippen LogP contribution is -1.60. The molecule has 0 aromatic heterocycles. The lowest BCUT2D eigenvalue weighted by molar-refractivity contribution is 0.667. The van der Waals surface area contributed by atoms with Gasteiger partial charge in [0.1, 0.15) is 8.01 Å². The zero-order chi connectivity index (χ0) is 5.70. The van der Waals surface area contributed by atoms with Crippen molar-refractivity contribution in [2.45, 2.75) is 0 Å². The quantitative estimate of drug-likeness (QED) is 0.505. The molecule has 0 saturated carbocycles. The molecule has 0 amide bonds. The summed E-state index contributed by atoms with van der Waals surface area (Å²) in [7, 11) is -0.0786. The number of rotatable bonds is 3. The van der Waals surface area contributed by atoms with Crippen LogP contribution in [-0.2, 0) is 4.31 Å². The highest BCUT2D eigenvalue weighted by molar-refractivity contribution is 8.45. The second kappa shape index (κ2) is 5.27. The fraction of sp³-hybridized carbons (Fsp3) is 1.00. The Hall–Kier alpha value is 1.13. The van der Waals surface area contributed by atoms with Gasteiger partial charge in [-0.1, -0.05) is 0 Å². The first-order valence-electron chi connectivity index (χ1n) is 1.67. The van der Waals surface area contributed by atoms with Gasteiger partial charge >= 0.3 is 0 Å². The molecule has 1 atom stereocenters. The Bertz CT molecular complexity index is 42.7. The van der Waals surface area contributed by atoms with Crippen LogP contribution in [0.1, 0.15) is 0 Å². The molecule has 0 aromatic rings. The molecule has 44 valence electrons. The molecule has 5 heteroatoms. The van der Waals surface area contributed by atoms with Crippen LogP contribution in [0.4, 0.5) is 0 Å². The largest absolute Gasteiger partial charge is 0.328 e. The van der Waals surface area contributed by atoms with E-state index in [2.05, 4.69) is 0 Å². The van der Waals surface area contributed by atoms with Gasteiger partial charge in [-0.25, -0.2) is 0 Å². The molecule has 0 fully saturated rings. The Morgan fingerprint density at radius 3 is 2.43 bits per heavy atom. The van der Waals surface area contributed by atoms with Crippen LogP contribution in [0.2, 0.25) is 0 Å². The molecule has 0 radical (unpaired) electrons. The summed E-state index contributed by atoms with van der Waals surface area (Å²) in [5, 5.41) is 0. The van der Waals surface area contributed by atoms with E-state index in [0.717, 1.165) is 11.7 Å². The van der Waals surface area contributed by atoms with E-state index in [1.807, 2.05) is 13.3 Å². The topological polar surface area (TPSA) is 29.5 Å². The number of hydrogen-bond acceptors (Lipinski definition) is 3. The van der Waals surface area contributed by atoms with Crippen molar-refractivity contribution in [1.29, 1.82) is 0 Å². The van der Waals surface area contributed by atoms with Crippen LogP contribution in [0, 0.1) is 0 Å². The standard InChI is InChI=1S/C2H8O2P2S/c1-6(2)4-5-7-3/h3,5H,1-2H3. The van der Waals surface area contributed by atoms with E-state index in [1.165, 1.54) is 0 Å². The Morgan fingerprint density at radius 2 is 2.29 bits per heavy atom. The fourth-order valence-electron chi connectivity index (χ4n) is 0.0912. The summed E-state index contributed by atoms with van der Waals surface area (Å²) in [6, 6.07) is 0. The first kappa shape index (κ1) is 8.13. The highest BCUT2D eigenvalue weighted by Crippen LogP contribution is 2.41. The van der Waals surface area contributed by atoms with Gasteiger partial charge in [-0.2, -0.15) is 0 Å². The minimum Gasteiger partial charge on any atom is -0.328 e. The summed E-state index contributed by atoms with van der Waals surface area (Å²) in [4.78, 5) is 0. The normalized spacial score (nSPS) is 12.0. The number of hydrogen-bond donors (Lipinski definition) is 1. The molecular weight excluding hydrogens is 150 g/mol. The molecule has 1 unspecified atom stereocenters. The Kier molecular flexibility index (Phi) is 6.12. The highest BCUT2D eigenvalue weighted by atomic mass is 32.7. The first-order valence-corrected chi connectivity index (χ1v) is 6.23. The predicted octanol–water partition coefficient (Wildman–Crippen LogP) is 2.37. The van der Waals surface area contributed by atoms with Crippen LogP contribution in [-0.4, -0.2) is 17.9 Å². The Morgan fingerprint density at radius 1 is 1.71 bits per heavy atom. The predicted molar refractivity (Wildman–Crippen MR) is 38.4 cm³/mol. The van der Waals surface area contributed by atoms with E-state index in [-0.39, 0.29) is 16.2 Å². The maximum atomic E-state index is 8.13. The van der Waals surface area contributed by atoms with Crippen molar-refractivity contribution >= 4 is 27.8 Å². The average Bonchev–Trinajstić information content (AvgIpc) is 1.61. The summed E-state index contributed by atoms with van der Waals surface area (Å²) in [6.45, 7) is 4.00. The molecule has 0 aliphatic heterocycles. The van der Waals surface area contributed by atoms with Crippen LogP contribution in [0.5, 0.6) is 0 Å². The molecule has 0 aliphatic rings. The van der Waals surface area contributed by atoms with Crippen molar-refractivity contribution in [2.75, 3.05) is 13.3 Å². The summed E-state index contributed by atoms with van der Waals surface area (Å²) in [5.41, 5.74) is 0. The molecule has 0 spiro atoms. The second-order valence-electron chi connectivity index (χ2n) is 1.08. The van der Waals surface area contributed by atoms with Crippen molar-refractivity contribution in [2.24, 2.45) is 0 Å². The van der Waals surface area contributed by atoms with Gasteiger partial charge in [0.25, 0.3) is 0 Å². The maximum absolute atomic E-state index is 8.13. The third kappa shape index (κ3) is 7.13. The molecule has 2 nitrogen and oxygen atoms in total.